The van der Waals surface area contributed by atoms with Gasteiger partial charge in [0.05, 0.1) is 10.0 Å². The van der Waals surface area contributed by atoms with Crippen LogP contribution < -0.4 is 5.32 Å². The predicted octanol–water partition coefficient (Wildman–Crippen LogP) is 2.77. The van der Waals surface area contributed by atoms with Gasteiger partial charge >= 0.3 is 0 Å². The summed E-state index contributed by atoms with van der Waals surface area (Å²) in [4.78, 5) is 12.1. The fraction of sp³-hybridized carbons (Fsp3) is 0.417. The van der Waals surface area contributed by atoms with E-state index in [0.717, 1.165) is 6.07 Å². The molecule has 2 nitrogen and oxygen atoms in total. The van der Waals surface area contributed by atoms with E-state index in [1.807, 2.05) is 6.92 Å². The molecule has 1 saturated heterocycles. The average molecular weight is 304 g/mol. The molecule has 5 heteroatoms. The molecule has 0 radical (unpaired) electrons. The first-order valence-corrected chi connectivity index (χ1v) is 6.20. The Morgan fingerprint density at radius 3 is 2.71 bits per heavy atom. The lowest BCUT2D eigenvalue weighted by molar-refractivity contribution is 0.0899. The monoisotopic (exact) mass is 303 g/mol. The van der Waals surface area contributed by atoms with Crippen LogP contribution in [0, 0.1) is 23.5 Å². The molecular formula is C12H12BrF2NO. The van der Waals surface area contributed by atoms with Crippen LogP contribution in [0.3, 0.4) is 0 Å². The summed E-state index contributed by atoms with van der Waals surface area (Å²) in [5.41, 5.74) is -0.431. The Labute approximate surface area is 107 Å². The van der Waals surface area contributed by atoms with Crippen LogP contribution >= 0.6 is 15.9 Å². The summed E-state index contributed by atoms with van der Waals surface area (Å²) in [6, 6.07) is 2.37. The summed E-state index contributed by atoms with van der Waals surface area (Å²) < 4.78 is 27.4. The molecule has 0 aromatic heterocycles. The van der Waals surface area contributed by atoms with E-state index in [4.69, 9.17) is 0 Å². The third-order valence-corrected chi connectivity index (χ3v) is 3.76. The lowest BCUT2D eigenvalue weighted by Gasteiger charge is -2.14. The van der Waals surface area contributed by atoms with Crippen LogP contribution in [0.4, 0.5) is 8.78 Å². The number of carbonyl (C=O) groups is 1. The predicted molar refractivity (Wildman–Crippen MR) is 63.9 cm³/mol. The van der Waals surface area contributed by atoms with Crippen molar-refractivity contribution in [2.75, 3.05) is 13.1 Å². The molecule has 92 valence electrons. The molecule has 1 aromatic carbocycles. The van der Waals surface area contributed by atoms with E-state index >= 15 is 0 Å². The highest BCUT2D eigenvalue weighted by Crippen LogP contribution is 2.27. The number of halogens is 3. The Morgan fingerprint density at radius 2 is 2.12 bits per heavy atom. The number of hydrogen-bond acceptors (Lipinski definition) is 2. The maximum absolute atomic E-state index is 13.8. The molecule has 1 fully saturated rings. The Balaban J connectivity index is 2.40. The third-order valence-electron chi connectivity index (χ3n) is 3.14. The number of ketones is 1. The highest BCUT2D eigenvalue weighted by molar-refractivity contribution is 9.10. The first-order chi connectivity index (χ1) is 8.02. The van der Waals surface area contributed by atoms with Crippen molar-refractivity contribution >= 4 is 21.7 Å². The zero-order valence-electron chi connectivity index (χ0n) is 9.27. The van der Waals surface area contributed by atoms with Crippen LogP contribution in [0.1, 0.15) is 17.3 Å². The van der Waals surface area contributed by atoms with Crippen molar-refractivity contribution in [1.29, 1.82) is 0 Å². The van der Waals surface area contributed by atoms with Gasteiger partial charge in [0.2, 0.25) is 0 Å². The van der Waals surface area contributed by atoms with E-state index in [0.29, 0.717) is 13.1 Å². The van der Waals surface area contributed by atoms with Crippen molar-refractivity contribution in [3.63, 3.8) is 0 Å². The summed E-state index contributed by atoms with van der Waals surface area (Å²) in [6.45, 7) is 3.08. The molecule has 0 saturated carbocycles. The van der Waals surface area contributed by atoms with Gasteiger partial charge in [-0.25, -0.2) is 8.78 Å². The number of rotatable bonds is 2. The molecule has 1 heterocycles. The standard InChI is InChI=1S/C12H12BrF2NO/c1-6-4-16-5-7(6)12(17)10-9(14)3-2-8(13)11(10)15/h2-3,6-7,16H,4-5H2,1H3. The first-order valence-electron chi connectivity index (χ1n) is 5.40. The molecule has 0 bridgehead atoms. The average Bonchev–Trinajstić information content (AvgIpc) is 2.70. The lowest BCUT2D eigenvalue weighted by Crippen LogP contribution is -2.23. The Hall–Kier alpha value is -0.810. The van der Waals surface area contributed by atoms with E-state index in [2.05, 4.69) is 21.2 Å². The molecule has 1 aliphatic rings. The maximum Gasteiger partial charge on any atom is 0.173 e. The van der Waals surface area contributed by atoms with Crippen LogP contribution in [0.25, 0.3) is 0 Å². The molecule has 1 aliphatic heterocycles. The van der Waals surface area contributed by atoms with E-state index < -0.39 is 23.0 Å². The Bertz CT molecular complexity index is 464. The van der Waals surface area contributed by atoms with E-state index in [9.17, 15) is 13.6 Å². The van der Waals surface area contributed by atoms with Crippen molar-refractivity contribution in [3.05, 3.63) is 33.8 Å². The molecule has 2 rings (SSSR count). The number of carbonyl (C=O) groups excluding carboxylic acids is 1. The second-order valence-electron chi connectivity index (χ2n) is 4.32. The van der Waals surface area contributed by atoms with Gasteiger partial charge in [0.15, 0.2) is 11.6 Å². The third kappa shape index (κ3) is 2.26. The number of nitrogens with one attached hydrogen (secondary N) is 1. The summed E-state index contributed by atoms with van der Waals surface area (Å²) in [7, 11) is 0. The molecule has 1 aromatic rings. The molecule has 0 aliphatic carbocycles. The van der Waals surface area contributed by atoms with Gasteiger partial charge in [-0.15, -0.1) is 0 Å². The highest BCUT2D eigenvalue weighted by Gasteiger charge is 2.33. The summed E-state index contributed by atoms with van der Waals surface area (Å²) in [5, 5.41) is 3.05. The molecule has 2 unspecified atom stereocenters. The van der Waals surface area contributed by atoms with Gasteiger partial charge < -0.3 is 5.32 Å². The van der Waals surface area contributed by atoms with Gasteiger partial charge in [-0.1, -0.05) is 6.92 Å². The van der Waals surface area contributed by atoms with Crippen LogP contribution in [0.2, 0.25) is 0 Å². The summed E-state index contributed by atoms with van der Waals surface area (Å²) >= 11 is 2.96. The van der Waals surface area contributed by atoms with E-state index in [1.165, 1.54) is 6.07 Å². The van der Waals surface area contributed by atoms with Crippen LogP contribution in [-0.2, 0) is 0 Å². The van der Waals surface area contributed by atoms with E-state index in [-0.39, 0.29) is 16.3 Å². The van der Waals surface area contributed by atoms with E-state index in [1.54, 1.807) is 0 Å². The van der Waals surface area contributed by atoms with Crippen molar-refractivity contribution in [1.82, 2.24) is 5.32 Å². The van der Waals surface area contributed by atoms with Crippen molar-refractivity contribution in [2.24, 2.45) is 11.8 Å². The molecule has 2 atom stereocenters. The zero-order chi connectivity index (χ0) is 12.6. The zero-order valence-corrected chi connectivity index (χ0v) is 10.9. The van der Waals surface area contributed by atoms with Crippen LogP contribution in [-0.4, -0.2) is 18.9 Å². The SMILES string of the molecule is CC1CNCC1C(=O)c1c(F)ccc(Br)c1F. The summed E-state index contributed by atoms with van der Waals surface area (Å²) in [6.07, 6.45) is 0. The molecule has 0 spiro atoms. The van der Waals surface area contributed by atoms with Gasteiger partial charge in [-0.2, -0.15) is 0 Å². The fourth-order valence-corrected chi connectivity index (χ4v) is 2.43. The molecule has 0 amide bonds. The highest BCUT2D eigenvalue weighted by atomic mass is 79.9. The smallest absolute Gasteiger partial charge is 0.173 e. The van der Waals surface area contributed by atoms with Crippen LogP contribution in [0.15, 0.2) is 16.6 Å². The van der Waals surface area contributed by atoms with Crippen molar-refractivity contribution < 1.29 is 13.6 Å². The second kappa shape index (κ2) is 4.82. The Morgan fingerprint density at radius 1 is 1.41 bits per heavy atom. The van der Waals surface area contributed by atoms with Gasteiger partial charge in [-0.05, 0) is 40.5 Å². The topological polar surface area (TPSA) is 29.1 Å². The number of Topliss-reactive ketones (excluding diaryl/α,β-unsaturated/α-hetero) is 1. The van der Waals surface area contributed by atoms with Crippen molar-refractivity contribution in [2.45, 2.75) is 6.92 Å². The lowest BCUT2D eigenvalue weighted by atomic mass is 9.89. The minimum absolute atomic E-state index is 0.0975. The normalized spacial score (nSPS) is 24.0. The van der Waals surface area contributed by atoms with Crippen LogP contribution in [0.5, 0.6) is 0 Å². The first kappa shape index (κ1) is 12.6. The minimum Gasteiger partial charge on any atom is -0.316 e. The number of hydrogen-bond donors (Lipinski definition) is 1. The van der Waals surface area contributed by atoms with Gasteiger partial charge in [0.25, 0.3) is 0 Å². The number of benzene rings is 1. The van der Waals surface area contributed by atoms with Crippen molar-refractivity contribution in [3.8, 4) is 0 Å². The largest absolute Gasteiger partial charge is 0.316 e. The molecular weight excluding hydrogens is 292 g/mol. The quantitative estimate of drug-likeness (QED) is 0.672. The maximum atomic E-state index is 13.8. The summed E-state index contributed by atoms with van der Waals surface area (Å²) in [5.74, 6) is -2.32. The fourth-order valence-electron chi connectivity index (χ4n) is 2.10. The molecule has 17 heavy (non-hydrogen) atoms. The van der Waals surface area contributed by atoms with Gasteiger partial charge in [0.1, 0.15) is 5.82 Å². The molecule has 1 N–H and O–H groups in total. The second-order valence-corrected chi connectivity index (χ2v) is 5.18. The Kier molecular flexibility index (Phi) is 3.58. The van der Waals surface area contributed by atoms with Gasteiger partial charge in [-0.3, -0.25) is 4.79 Å². The minimum atomic E-state index is -0.811. The van der Waals surface area contributed by atoms with Gasteiger partial charge in [0, 0.05) is 12.5 Å².